The van der Waals surface area contributed by atoms with E-state index in [0.717, 1.165) is 30.2 Å². The minimum absolute atomic E-state index is 0.0791. The largest absolute Gasteiger partial charge is 0.347 e. The summed E-state index contributed by atoms with van der Waals surface area (Å²) in [5.74, 6) is 3.88. The molecule has 1 N–H and O–H groups in total. The van der Waals surface area contributed by atoms with Gasteiger partial charge in [-0.05, 0) is 41.6 Å². The van der Waals surface area contributed by atoms with Gasteiger partial charge in [-0.2, -0.15) is 0 Å². The standard InChI is InChI=1S/C27H38N2OSi/c1-19(2)31(20(3)4,21(5)6)18-17-23-12-8-10-14-25(23)29-27(30)26-16-15-22-11-7-9-13-24(22)28-26/h7,9,11,13,15-16,19-21,23,25H,8,10,12,14H2,1-6H3,(H,29,30). The summed E-state index contributed by atoms with van der Waals surface area (Å²) >= 11 is 0. The summed E-state index contributed by atoms with van der Waals surface area (Å²) < 4.78 is 0. The Labute approximate surface area is 189 Å². The van der Waals surface area contributed by atoms with Crippen LogP contribution in [0.25, 0.3) is 10.9 Å². The molecule has 2 atom stereocenters. The van der Waals surface area contributed by atoms with E-state index in [4.69, 9.17) is 0 Å². The predicted octanol–water partition coefficient (Wildman–Crippen LogP) is 6.74. The van der Waals surface area contributed by atoms with Gasteiger partial charge in [0.15, 0.2) is 0 Å². The van der Waals surface area contributed by atoms with Crippen LogP contribution in [0.1, 0.15) is 77.7 Å². The fourth-order valence-corrected chi connectivity index (χ4v) is 10.9. The fourth-order valence-electron chi connectivity index (χ4n) is 5.56. The molecule has 0 saturated heterocycles. The van der Waals surface area contributed by atoms with Gasteiger partial charge in [0.1, 0.15) is 13.8 Å². The molecule has 4 heteroatoms. The molecule has 3 rings (SSSR count). The zero-order valence-electron chi connectivity index (χ0n) is 20.0. The molecule has 1 amide bonds. The third-order valence-electron chi connectivity index (χ3n) is 7.25. The SMILES string of the molecule is CC(C)[Si](C#CC1CCCCC1NC(=O)c1ccc2ccccc2n1)(C(C)C)C(C)C. The highest BCUT2D eigenvalue weighted by Crippen LogP contribution is 2.41. The number of nitrogens with one attached hydrogen (secondary N) is 1. The molecule has 1 aromatic heterocycles. The van der Waals surface area contributed by atoms with Crippen LogP contribution >= 0.6 is 0 Å². The number of benzene rings is 1. The van der Waals surface area contributed by atoms with Gasteiger partial charge in [-0.1, -0.05) is 78.6 Å². The van der Waals surface area contributed by atoms with Crippen molar-refractivity contribution >= 4 is 24.9 Å². The van der Waals surface area contributed by atoms with E-state index in [1.807, 2.05) is 36.4 Å². The number of hydrogen-bond donors (Lipinski definition) is 1. The van der Waals surface area contributed by atoms with E-state index < -0.39 is 8.07 Å². The van der Waals surface area contributed by atoms with Gasteiger partial charge in [0, 0.05) is 17.3 Å². The molecule has 1 aromatic carbocycles. The lowest BCUT2D eigenvalue weighted by Gasteiger charge is -2.38. The Morgan fingerprint density at radius 3 is 2.29 bits per heavy atom. The summed E-state index contributed by atoms with van der Waals surface area (Å²) in [5.41, 5.74) is 7.11. The Balaban J connectivity index is 1.82. The van der Waals surface area contributed by atoms with Crippen molar-refractivity contribution in [3.05, 3.63) is 42.1 Å². The van der Waals surface area contributed by atoms with E-state index >= 15 is 0 Å². The molecule has 166 valence electrons. The van der Waals surface area contributed by atoms with Crippen LogP contribution in [-0.4, -0.2) is 25.0 Å². The Bertz CT molecular complexity index is 948. The Kier molecular flexibility index (Phi) is 7.59. The smallest absolute Gasteiger partial charge is 0.270 e. The van der Waals surface area contributed by atoms with Gasteiger partial charge in [0.25, 0.3) is 5.91 Å². The zero-order valence-corrected chi connectivity index (χ0v) is 21.0. The quantitative estimate of drug-likeness (QED) is 0.418. The number of para-hydroxylation sites is 1. The van der Waals surface area contributed by atoms with Crippen LogP contribution in [0.4, 0.5) is 0 Å². The van der Waals surface area contributed by atoms with Crippen molar-refractivity contribution in [3.63, 3.8) is 0 Å². The number of rotatable bonds is 5. The average Bonchev–Trinajstić information content (AvgIpc) is 2.74. The molecule has 2 unspecified atom stereocenters. The van der Waals surface area contributed by atoms with Gasteiger partial charge in [0.05, 0.1) is 5.52 Å². The van der Waals surface area contributed by atoms with E-state index in [1.54, 1.807) is 0 Å². The number of carbonyl (C=O) groups is 1. The molecule has 0 aliphatic heterocycles. The fraction of sp³-hybridized carbons (Fsp3) is 0.556. The summed E-state index contributed by atoms with van der Waals surface area (Å²) in [5, 5.41) is 4.34. The van der Waals surface area contributed by atoms with E-state index in [-0.39, 0.29) is 17.9 Å². The normalized spacial score (nSPS) is 19.5. The molecule has 31 heavy (non-hydrogen) atoms. The first-order chi connectivity index (χ1) is 14.8. The number of carbonyl (C=O) groups excluding carboxylic acids is 1. The lowest BCUT2D eigenvalue weighted by molar-refractivity contribution is 0.0913. The first-order valence-corrected chi connectivity index (χ1v) is 14.2. The molecular formula is C27H38N2OSi. The monoisotopic (exact) mass is 434 g/mol. The van der Waals surface area contributed by atoms with Crippen molar-refractivity contribution in [2.45, 2.75) is 89.9 Å². The molecule has 1 saturated carbocycles. The van der Waals surface area contributed by atoms with Gasteiger partial charge in [-0.25, -0.2) is 4.98 Å². The molecule has 1 aliphatic carbocycles. The van der Waals surface area contributed by atoms with Gasteiger partial charge < -0.3 is 5.32 Å². The number of nitrogens with zero attached hydrogens (tertiary/aromatic N) is 1. The average molecular weight is 435 g/mol. The minimum Gasteiger partial charge on any atom is -0.347 e. The third-order valence-corrected chi connectivity index (χ3v) is 13.6. The maximum Gasteiger partial charge on any atom is 0.270 e. The van der Waals surface area contributed by atoms with Crippen LogP contribution in [0.15, 0.2) is 36.4 Å². The Morgan fingerprint density at radius 1 is 0.968 bits per heavy atom. The summed E-state index contributed by atoms with van der Waals surface area (Å²) in [7, 11) is -1.76. The molecule has 1 fully saturated rings. The van der Waals surface area contributed by atoms with Gasteiger partial charge in [0.2, 0.25) is 0 Å². The number of aromatic nitrogens is 1. The van der Waals surface area contributed by atoms with E-state index in [0.29, 0.717) is 22.3 Å². The van der Waals surface area contributed by atoms with Crippen molar-refractivity contribution < 1.29 is 4.79 Å². The van der Waals surface area contributed by atoms with Crippen LogP contribution in [0.2, 0.25) is 16.6 Å². The maximum atomic E-state index is 13.0. The van der Waals surface area contributed by atoms with Crippen molar-refractivity contribution in [1.82, 2.24) is 10.3 Å². The second-order valence-electron chi connectivity index (χ2n) is 10.0. The highest BCUT2D eigenvalue weighted by molar-refractivity contribution is 6.90. The summed E-state index contributed by atoms with van der Waals surface area (Å²) in [6, 6.07) is 11.8. The first kappa shape index (κ1) is 23.5. The van der Waals surface area contributed by atoms with Gasteiger partial charge in [-0.15, -0.1) is 11.5 Å². The maximum absolute atomic E-state index is 13.0. The zero-order chi connectivity index (χ0) is 22.6. The molecule has 1 heterocycles. The van der Waals surface area contributed by atoms with E-state index in [9.17, 15) is 4.79 Å². The van der Waals surface area contributed by atoms with Crippen LogP contribution in [0.3, 0.4) is 0 Å². The van der Waals surface area contributed by atoms with Crippen molar-refractivity contribution in [1.29, 1.82) is 0 Å². The lowest BCUT2D eigenvalue weighted by atomic mass is 9.85. The third kappa shape index (κ3) is 5.04. The van der Waals surface area contributed by atoms with E-state index in [2.05, 4.69) is 63.3 Å². The first-order valence-electron chi connectivity index (χ1n) is 11.9. The van der Waals surface area contributed by atoms with Crippen LogP contribution in [0, 0.1) is 17.4 Å². The second kappa shape index (κ2) is 10.00. The molecule has 0 radical (unpaired) electrons. The highest BCUT2D eigenvalue weighted by Gasteiger charge is 2.42. The summed E-state index contributed by atoms with van der Waals surface area (Å²) in [4.78, 5) is 17.6. The molecule has 0 bridgehead atoms. The van der Waals surface area contributed by atoms with Crippen molar-refractivity contribution in [3.8, 4) is 11.5 Å². The molecule has 2 aromatic rings. The van der Waals surface area contributed by atoms with Crippen molar-refractivity contribution in [2.75, 3.05) is 0 Å². The lowest BCUT2D eigenvalue weighted by Crippen LogP contribution is -2.45. The topological polar surface area (TPSA) is 42.0 Å². The van der Waals surface area contributed by atoms with Crippen LogP contribution in [-0.2, 0) is 0 Å². The van der Waals surface area contributed by atoms with Crippen LogP contribution < -0.4 is 5.32 Å². The van der Waals surface area contributed by atoms with E-state index in [1.165, 1.54) is 6.42 Å². The molecule has 3 nitrogen and oxygen atoms in total. The number of amides is 1. The number of pyridine rings is 1. The summed E-state index contributed by atoms with van der Waals surface area (Å²) in [6.45, 7) is 14.1. The molecule has 1 aliphatic rings. The predicted molar refractivity (Wildman–Crippen MR) is 134 cm³/mol. The van der Waals surface area contributed by atoms with Gasteiger partial charge in [-0.3, -0.25) is 4.79 Å². The molecule has 0 spiro atoms. The summed E-state index contributed by atoms with van der Waals surface area (Å²) in [6.07, 6.45) is 4.41. The highest BCUT2D eigenvalue weighted by atomic mass is 28.3. The van der Waals surface area contributed by atoms with Crippen LogP contribution in [0.5, 0.6) is 0 Å². The minimum atomic E-state index is -1.76. The number of hydrogen-bond acceptors (Lipinski definition) is 2. The Morgan fingerprint density at radius 2 is 1.61 bits per heavy atom. The Hall–Kier alpha value is -2.12. The van der Waals surface area contributed by atoms with Crippen molar-refractivity contribution in [2.24, 2.45) is 5.92 Å². The van der Waals surface area contributed by atoms with Gasteiger partial charge >= 0.3 is 0 Å². The second-order valence-corrected chi connectivity index (χ2v) is 15.6. The number of fused-ring (bicyclic) bond motifs is 1. The molecular weight excluding hydrogens is 396 g/mol.